The van der Waals surface area contributed by atoms with Crippen molar-refractivity contribution in [3.8, 4) is 11.3 Å². The molecule has 4 rings (SSSR count). The molecular formula is C22H18ClN3O2. The van der Waals surface area contributed by atoms with Crippen molar-refractivity contribution in [1.29, 1.82) is 0 Å². The predicted octanol–water partition coefficient (Wildman–Crippen LogP) is 4.12. The summed E-state index contributed by atoms with van der Waals surface area (Å²) in [4.78, 5) is 17.6. The van der Waals surface area contributed by atoms with E-state index in [0.29, 0.717) is 10.7 Å². The molecule has 4 aromatic rings. The predicted molar refractivity (Wildman–Crippen MR) is 109 cm³/mol. The Bertz CT molecular complexity index is 1130. The SMILES string of the molecule is O=C(N[C@H](CO)c1ccccc1)c1nc(-c2cccc(Cl)c2)c2ccccn12. The third-order valence-electron chi connectivity index (χ3n) is 4.54. The van der Waals surface area contributed by atoms with E-state index in [-0.39, 0.29) is 18.3 Å². The fourth-order valence-corrected chi connectivity index (χ4v) is 3.38. The molecular weight excluding hydrogens is 374 g/mol. The van der Waals surface area contributed by atoms with Crippen LogP contribution in [0.15, 0.2) is 79.0 Å². The number of pyridine rings is 1. The molecule has 6 heteroatoms. The van der Waals surface area contributed by atoms with Gasteiger partial charge in [-0.05, 0) is 29.8 Å². The molecule has 1 amide bonds. The Morgan fingerprint density at radius 2 is 1.86 bits per heavy atom. The van der Waals surface area contributed by atoms with Crippen molar-refractivity contribution in [1.82, 2.24) is 14.7 Å². The molecule has 0 spiro atoms. The summed E-state index contributed by atoms with van der Waals surface area (Å²) in [5.74, 6) is -0.114. The number of hydrogen-bond acceptors (Lipinski definition) is 3. The summed E-state index contributed by atoms with van der Waals surface area (Å²) in [7, 11) is 0. The van der Waals surface area contributed by atoms with Gasteiger partial charge >= 0.3 is 0 Å². The van der Waals surface area contributed by atoms with E-state index in [2.05, 4.69) is 10.3 Å². The molecule has 0 fully saturated rings. The quantitative estimate of drug-likeness (QED) is 0.537. The highest BCUT2D eigenvalue weighted by Gasteiger charge is 2.21. The van der Waals surface area contributed by atoms with Gasteiger partial charge in [-0.3, -0.25) is 9.20 Å². The number of imidazole rings is 1. The lowest BCUT2D eigenvalue weighted by atomic mass is 10.1. The first-order valence-corrected chi connectivity index (χ1v) is 9.25. The lowest BCUT2D eigenvalue weighted by Crippen LogP contribution is -2.32. The number of carbonyl (C=O) groups is 1. The number of rotatable bonds is 5. The summed E-state index contributed by atoms with van der Waals surface area (Å²) in [6.07, 6.45) is 1.79. The molecule has 2 aromatic carbocycles. The van der Waals surface area contributed by atoms with Gasteiger partial charge in [-0.25, -0.2) is 4.98 Å². The Labute approximate surface area is 167 Å². The van der Waals surface area contributed by atoms with Crippen molar-refractivity contribution in [2.45, 2.75) is 6.04 Å². The van der Waals surface area contributed by atoms with Gasteiger partial charge in [-0.2, -0.15) is 0 Å². The van der Waals surface area contributed by atoms with Crippen LogP contribution < -0.4 is 5.32 Å². The normalized spacial score (nSPS) is 12.1. The van der Waals surface area contributed by atoms with E-state index in [1.165, 1.54) is 0 Å². The van der Waals surface area contributed by atoms with Crippen LogP contribution in [0.3, 0.4) is 0 Å². The molecule has 2 heterocycles. The lowest BCUT2D eigenvalue weighted by molar-refractivity contribution is 0.0905. The molecule has 5 nitrogen and oxygen atoms in total. The summed E-state index contributed by atoms with van der Waals surface area (Å²) in [6, 6.07) is 21.8. The van der Waals surface area contributed by atoms with Crippen LogP contribution in [0.1, 0.15) is 22.2 Å². The van der Waals surface area contributed by atoms with Crippen molar-refractivity contribution >= 4 is 23.0 Å². The van der Waals surface area contributed by atoms with Gasteiger partial charge in [0.25, 0.3) is 5.91 Å². The van der Waals surface area contributed by atoms with Crippen molar-refractivity contribution < 1.29 is 9.90 Å². The second-order valence-electron chi connectivity index (χ2n) is 6.37. The number of nitrogens with one attached hydrogen (secondary N) is 1. The summed E-state index contributed by atoms with van der Waals surface area (Å²) in [5, 5.41) is 13.2. The number of nitrogens with zero attached hydrogens (tertiary/aromatic N) is 2. The van der Waals surface area contributed by atoms with Crippen LogP contribution in [0.4, 0.5) is 0 Å². The Kier molecular flexibility index (Phi) is 5.10. The van der Waals surface area contributed by atoms with Crippen molar-refractivity contribution in [3.05, 3.63) is 95.4 Å². The zero-order valence-electron chi connectivity index (χ0n) is 14.9. The molecule has 0 saturated heterocycles. The molecule has 0 aliphatic heterocycles. The molecule has 0 radical (unpaired) electrons. The molecule has 140 valence electrons. The van der Waals surface area contributed by atoms with Gasteiger partial charge in [0, 0.05) is 16.8 Å². The minimum Gasteiger partial charge on any atom is -0.394 e. The molecule has 0 saturated carbocycles. The summed E-state index contributed by atoms with van der Waals surface area (Å²) in [6.45, 7) is -0.208. The van der Waals surface area contributed by atoms with E-state index in [4.69, 9.17) is 11.6 Å². The largest absolute Gasteiger partial charge is 0.394 e. The van der Waals surface area contributed by atoms with Gasteiger partial charge in [0.15, 0.2) is 0 Å². The van der Waals surface area contributed by atoms with E-state index in [9.17, 15) is 9.90 Å². The fourth-order valence-electron chi connectivity index (χ4n) is 3.19. The first-order chi connectivity index (χ1) is 13.7. The van der Waals surface area contributed by atoms with Crippen molar-refractivity contribution in [2.24, 2.45) is 0 Å². The van der Waals surface area contributed by atoms with Gasteiger partial charge in [-0.1, -0.05) is 60.1 Å². The van der Waals surface area contributed by atoms with E-state index < -0.39 is 6.04 Å². The smallest absolute Gasteiger partial charge is 0.288 e. The van der Waals surface area contributed by atoms with E-state index >= 15 is 0 Å². The highest BCUT2D eigenvalue weighted by atomic mass is 35.5. The highest BCUT2D eigenvalue weighted by molar-refractivity contribution is 6.30. The third-order valence-corrected chi connectivity index (χ3v) is 4.77. The zero-order chi connectivity index (χ0) is 19.5. The Balaban J connectivity index is 1.73. The number of amides is 1. The fraction of sp³-hybridized carbons (Fsp3) is 0.0909. The summed E-state index contributed by atoms with van der Waals surface area (Å²) >= 11 is 6.13. The van der Waals surface area contributed by atoms with Gasteiger partial charge in [0.05, 0.1) is 23.9 Å². The number of benzene rings is 2. The Morgan fingerprint density at radius 1 is 1.07 bits per heavy atom. The van der Waals surface area contributed by atoms with Crippen LogP contribution in [0, 0.1) is 0 Å². The molecule has 0 aliphatic carbocycles. The van der Waals surface area contributed by atoms with Gasteiger partial charge in [0.1, 0.15) is 0 Å². The second-order valence-corrected chi connectivity index (χ2v) is 6.81. The van der Waals surface area contributed by atoms with E-state index in [0.717, 1.165) is 16.6 Å². The molecule has 2 N–H and O–H groups in total. The molecule has 0 bridgehead atoms. The average molecular weight is 392 g/mol. The first-order valence-electron chi connectivity index (χ1n) is 8.87. The van der Waals surface area contributed by atoms with Gasteiger partial charge in [-0.15, -0.1) is 0 Å². The molecule has 0 unspecified atom stereocenters. The summed E-state index contributed by atoms with van der Waals surface area (Å²) < 4.78 is 1.74. The van der Waals surface area contributed by atoms with Gasteiger partial charge in [0.2, 0.25) is 5.82 Å². The maximum absolute atomic E-state index is 13.0. The van der Waals surface area contributed by atoms with E-state index in [1.807, 2.05) is 66.7 Å². The van der Waals surface area contributed by atoms with Crippen LogP contribution in [-0.4, -0.2) is 27.0 Å². The number of aromatic nitrogens is 2. The van der Waals surface area contributed by atoms with Crippen LogP contribution in [0.2, 0.25) is 5.02 Å². The number of halogens is 1. The van der Waals surface area contributed by atoms with E-state index in [1.54, 1.807) is 16.7 Å². The topological polar surface area (TPSA) is 66.6 Å². The van der Waals surface area contributed by atoms with Crippen molar-refractivity contribution in [2.75, 3.05) is 6.61 Å². The minimum atomic E-state index is -0.514. The summed E-state index contributed by atoms with van der Waals surface area (Å²) in [5.41, 5.74) is 3.13. The van der Waals surface area contributed by atoms with Crippen LogP contribution in [-0.2, 0) is 0 Å². The van der Waals surface area contributed by atoms with Crippen molar-refractivity contribution in [3.63, 3.8) is 0 Å². The molecule has 1 atom stereocenters. The van der Waals surface area contributed by atoms with Gasteiger partial charge < -0.3 is 10.4 Å². The maximum atomic E-state index is 13.0. The third kappa shape index (κ3) is 3.50. The number of carbonyl (C=O) groups excluding carboxylic acids is 1. The standard InChI is InChI=1S/C22H18ClN3O2/c23-17-10-6-9-16(13-17)20-19-11-4-5-12-26(19)21(25-20)22(28)24-18(14-27)15-7-2-1-3-8-15/h1-13,18,27H,14H2,(H,24,28)/t18-/m1/s1. The first kappa shape index (κ1) is 18.2. The maximum Gasteiger partial charge on any atom is 0.288 e. The highest BCUT2D eigenvalue weighted by Crippen LogP contribution is 2.27. The van der Waals surface area contributed by atoms with Crippen LogP contribution >= 0.6 is 11.6 Å². The Morgan fingerprint density at radius 3 is 2.61 bits per heavy atom. The number of hydrogen-bond donors (Lipinski definition) is 2. The number of aliphatic hydroxyl groups excluding tert-OH is 1. The number of aliphatic hydroxyl groups is 1. The molecule has 28 heavy (non-hydrogen) atoms. The average Bonchev–Trinajstić information content (AvgIpc) is 3.12. The molecule has 2 aromatic heterocycles. The second kappa shape index (κ2) is 7.84. The van der Waals surface area contributed by atoms with Crippen LogP contribution in [0.25, 0.3) is 16.8 Å². The zero-order valence-corrected chi connectivity index (χ0v) is 15.7. The molecule has 0 aliphatic rings. The Hall–Kier alpha value is -3.15. The lowest BCUT2D eigenvalue weighted by Gasteiger charge is -2.16. The number of fused-ring (bicyclic) bond motifs is 1. The minimum absolute atomic E-state index is 0.208. The monoisotopic (exact) mass is 391 g/mol. The van der Waals surface area contributed by atoms with Crippen LogP contribution in [0.5, 0.6) is 0 Å².